The van der Waals surface area contributed by atoms with Crippen LogP contribution < -0.4 is 15.4 Å². The van der Waals surface area contributed by atoms with Gasteiger partial charge >= 0.3 is 6.09 Å². The van der Waals surface area contributed by atoms with Gasteiger partial charge in [-0.1, -0.05) is 23.2 Å². The number of alkyl carbamates (subject to hydrolysis) is 1. The van der Waals surface area contributed by atoms with Gasteiger partial charge in [0.05, 0.1) is 35.8 Å². The Labute approximate surface area is 230 Å². The molecule has 3 amide bonds. The maximum atomic E-state index is 13.5. The largest absolute Gasteiger partial charge is 0.497 e. The number of guanidine groups is 1. The van der Waals surface area contributed by atoms with E-state index in [0.29, 0.717) is 16.9 Å². The van der Waals surface area contributed by atoms with Crippen LogP contribution in [0.2, 0.25) is 10.0 Å². The molecule has 38 heavy (non-hydrogen) atoms. The minimum atomic E-state index is -0.880. The van der Waals surface area contributed by atoms with Crippen molar-refractivity contribution in [3.05, 3.63) is 57.7 Å². The SMILES string of the molecule is COc1ccc2[nH]cc(CC(=O)N(Cc3cc(Cl)c(NC(C)=O)c(Cl)c3)C(=N)NC(=O)OC(C)(C)C)c2c1. The molecule has 0 fully saturated rings. The predicted octanol–water partition coefficient (Wildman–Crippen LogP) is 5.47. The number of aromatic amines is 1. The van der Waals surface area contributed by atoms with Gasteiger partial charge in [-0.05, 0) is 62.2 Å². The van der Waals surface area contributed by atoms with Crippen molar-refractivity contribution < 1.29 is 23.9 Å². The summed E-state index contributed by atoms with van der Waals surface area (Å²) in [6.07, 6.45) is 0.743. The molecular weight excluding hydrogens is 533 g/mol. The number of benzene rings is 2. The smallest absolute Gasteiger partial charge is 0.414 e. The Balaban J connectivity index is 1.92. The summed E-state index contributed by atoms with van der Waals surface area (Å²) in [6, 6.07) is 8.50. The summed E-state index contributed by atoms with van der Waals surface area (Å²) in [5, 5.41) is 14.5. The van der Waals surface area contributed by atoms with Crippen molar-refractivity contribution in [3.8, 4) is 5.75 Å². The average Bonchev–Trinajstić information content (AvgIpc) is 3.19. The van der Waals surface area contributed by atoms with E-state index in [-0.39, 0.29) is 34.6 Å². The number of ether oxygens (including phenoxy) is 2. The third-order valence-corrected chi connectivity index (χ3v) is 5.85. The number of fused-ring (bicyclic) bond motifs is 1. The Morgan fingerprint density at radius 3 is 2.34 bits per heavy atom. The number of carbonyl (C=O) groups is 3. The van der Waals surface area contributed by atoms with Crippen LogP contribution in [0.4, 0.5) is 10.5 Å². The second kappa shape index (κ2) is 11.7. The molecule has 0 aliphatic heterocycles. The molecule has 0 aliphatic carbocycles. The van der Waals surface area contributed by atoms with Gasteiger partial charge in [-0.2, -0.15) is 0 Å². The van der Waals surface area contributed by atoms with Gasteiger partial charge in [0.15, 0.2) is 0 Å². The lowest BCUT2D eigenvalue weighted by Crippen LogP contribution is -2.48. The summed E-state index contributed by atoms with van der Waals surface area (Å²) in [6.45, 7) is 6.24. The van der Waals surface area contributed by atoms with Crippen molar-refractivity contribution in [2.45, 2.75) is 46.3 Å². The van der Waals surface area contributed by atoms with Crippen LogP contribution in [0, 0.1) is 5.41 Å². The number of halogens is 2. The van der Waals surface area contributed by atoms with Crippen LogP contribution >= 0.6 is 23.2 Å². The standard InChI is InChI=1S/C26H29Cl2N5O5/c1-14(34)31-23-19(27)8-15(9-20(23)28)13-33(24(29)32-25(36)38-26(2,3)4)22(35)10-16-12-30-21-7-6-17(37-5)11-18(16)21/h6-9,11-12,30H,10,13H2,1-5H3,(H,31,34)(H2,29,32,36). The van der Waals surface area contributed by atoms with Gasteiger partial charge in [-0.3, -0.25) is 25.2 Å². The summed E-state index contributed by atoms with van der Waals surface area (Å²) in [4.78, 5) is 41.6. The van der Waals surface area contributed by atoms with E-state index in [1.165, 1.54) is 19.1 Å². The third-order valence-electron chi connectivity index (χ3n) is 5.25. The van der Waals surface area contributed by atoms with Crippen molar-refractivity contribution in [1.29, 1.82) is 5.41 Å². The van der Waals surface area contributed by atoms with E-state index >= 15 is 0 Å². The lowest BCUT2D eigenvalue weighted by molar-refractivity contribution is -0.127. The van der Waals surface area contributed by atoms with E-state index in [1.54, 1.807) is 40.1 Å². The van der Waals surface area contributed by atoms with Crippen molar-refractivity contribution >= 4 is 63.7 Å². The minimum absolute atomic E-state index is 0.0863. The molecule has 10 nitrogen and oxygen atoms in total. The van der Waals surface area contributed by atoms with Gasteiger partial charge in [0.25, 0.3) is 0 Å². The van der Waals surface area contributed by atoms with Gasteiger partial charge in [0.1, 0.15) is 11.4 Å². The number of carbonyl (C=O) groups excluding carboxylic acids is 3. The van der Waals surface area contributed by atoms with Crippen LogP contribution in [0.1, 0.15) is 38.8 Å². The number of hydrogen-bond donors (Lipinski definition) is 4. The first kappa shape index (κ1) is 28.8. The van der Waals surface area contributed by atoms with Crippen LogP contribution in [0.15, 0.2) is 36.5 Å². The second-order valence-corrected chi connectivity index (χ2v) is 10.3. The highest BCUT2D eigenvalue weighted by Crippen LogP contribution is 2.32. The topological polar surface area (TPSA) is 137 Å². The fraction of sp³-hybridized carbons (Fsp3) is 0.308. The number of aromatic nitrogens is 1. The molecule has 0 saturated heterocycles. The molecule has 0 spiro atoms. The Kier molecular flexibility index (Phi) is 8.90. The summed E-state index contributed by atoms with van der Waals surface area (Å²) >= 11 is 12.7. The zero-order valence-electron chi connectivity index (χ0n) is 21.6. The Morgan fingerprint density at radius 2 is 1.76 bits per heavy atom. The first-order chi connectivity index (χ1) is 17.8. The number of amides is 3. The lowest BCUT2D eigenvalue weighted by atomic mass is 10.1. The molecule has 3 rings (SSSR count). The molecule has 12 heteroatoms. The summed E-state index contributed by atoms with van der Waals surface area (Å²) < 4.78 is 10.5. The van der Waals surface area contributed by atoms with Crippen molar-refractivity contribution in [2.75, 3.05) is 12.4 Å². The molecule has 0 radical (unpaired) electrons. The van der Waals surface area contributed by atoms with Crippen LogP contribution in [-0.4, -0.2) is 46.5 Å². The molecule has 2 aromatic carbocycles. The quantitative estimate of drug-likeness (QED) is 0.233. The first-order valence-corrected chi connectivity index (χ1v) is 12.3. The molecule has 4 N–H and O–H groups in total. The second-order valence-electron chi connectivity index (χ2n) is 9.47. The highest BCUT2D eigenvalue weighted by atomic mass is 35.5. The zero-order chi connectivity index (χ0) is 28.2. The van der Waals surface area contributed by atoms with Gasteiger partial charge in [-0.15, -0.1) is 0 Å². The average molecular weight is 562 g/mol. The summed E-state index contributed by atoms with van der Waals surface area (Å²) in [7, 11) is 1.55. The number of methoxy groups -OCH3 is 1. The molecule has 0 saturated carbocycles. The molecule has 1 heterocycles. The fourth-order valence-electron chi connectivity index (χ4n) is 3.64. The van der Waals surface area contributed by atoms with E-state index in [0.717, 1.165) is 15.8 Å². The summed E-state index contributed by atoms with van der Waals surface area (Å²) in [5.41, 5.74) is 1.39. The van der Waals surface area contributed by atoms with Crippen LogP contribution in [0.3, 0.4) is 0 Å². The van der Waals surface area contributed by atoms with Gasteiger partial charge in [-0.25, -0.2) is 4.79 Å². The van der Waals surface area contributed by atoms with E-state index in [4.69, 9.17) is 38.1 Å². The molecule has 0 unspecified atom stereocenters. The number of H-pyrrole nitrogens is 1. The van der Waals surface area contributed by atoms with E-state index in [1.807, 2.05) is 12.1 Å². The monoisotopic (exact) mass is 561 g/mol. The highest BCUT2D eigenvalue weighted by Gasteiger charge is 2.25. The number of nitrogens with zero attached hydrogens (tertiary/aromatic N) is 1. The molecule has 3 aromatic rings. The zero-order valence-corrected chi connectivity index (χ0v) is 23.1. The molecule has 0 atom stereocenters. The maximum Gasteiger partial charge on any atom is 0.414 e. The minimum Gasteiger partial charge on any atom is -0.497 e. The van der Waals surface area contributed by atoms with Crippen molar-refractivity contribution in [3.63, 3.8) is 0 Å². The Morgan fingerprint density at radius 1 is 1.11 bits per heavy atom. The Bertz CT molecular complexity index is 1370. The Hall–Kier alpha value is -3.76. The van der Waals surface area contributed by atoms with Gasteiger partial charge < -0.3 is 19.8 Å². The number of anilines is 1. The maximum absolute atomic E-state index is 13.5. The highest BCUT2D eigenvalue weighted by molar-refractivity contribution is 6.39. The molecule has 0 bridgehead atoms. The molecule has 1 aromatic heterocycles. The van der Waals surface area contributed by atoms with E-state index < -0.39 is 23.6 Å². The number of nitrogens with one attached hydrogen (secondary N) is 4. The van der Waals surface area contributed by atoms with Gasteiger partial charge in [0, 0.05) is 24.0 Å². The van der Waals surface area contributed by atoms with Crippen LogP contribution in [-0.2, 0) is 27.3 Å². The molecule has 202 valence electrons. The normalized spacial score (nSPS) is 11.1. The van der Waals surface area contributed by atoms with E-state index in [2.05, 4.69) is 15.6 Å². The van der Waals surface area contributed by atoms with E-state index in [9.17, 15) is 14.4 Å². The third kappa shape index (κ3) is 7.39. The number of hydrogen-bond acceptors (Lipinski definition) is 6. The fourth-order valence-corrected chi connectivity index (χ4v) is 4.27. The van der Waals surface area contributed by atoms with Gasteiger partial charge in [0.2, 0.25) is 17.8 Å². The van der Waals surface area contributed by atoms with Crippen LogP contribution in [0.5, 0.6) is 5.75 Å². The summed E-state index contributed by atoms with van der Waals surface area (Å²) in [5.74, 6) is -0.685. The predicted molar refractivity (Wildman–Crippen MR) is 147 cm³/mol. The molecule has 0 aliphatic rings. The molecular formula is C26H29Cl2N5O5. The first-order valence-electron chi connectivity index (χ1n) is 11.6. The number of rotatable bonds is 6. The van der Waals surface area contributed by atoms with Crippen LogP contribution in [0.25, 0.3) is 10.9 Å². The van der Waals surface area contributed by atoms with Crippen molar-refractivity contribution in [2.24, 2.45) is 0 Å². The lowest BCUT2D eigenvalue weighted by Gasteiger charge is -2.25. The van der Waals surface area contributed by atoms with Crippen molar-refractivity contribution in [1.82, 2.24) is 15.2 Å².